The van der Waals surface area contributed by atoms with Gasteiger partial charge in [0.25, 0.3) is 3.79 Å². The molecule has 3 saturated heterocycles. The predicted octanol–water partition coefficient (Wildman–Crippen LogP) is 12.6. The molecule has 111 heavy (non-hydrogen) atoms. The molecule has 0 spiro atoms. The average molecular weight is 1570 g/mol. The molecule has 9 aromatic rings. The third-order valence-corrected chi connectivity index (χ3v) is 18.0. The number of hydrogen-bond acceptors (Lipinski definition) is 25. The van der Waals surface area contributed by atoms with Gasteiger partial charge in [0.2, 0.25) is 12.2 Å². The predicted molar refractivity (Wildman–Crippen MR) is 393 cm³/mol. The van der Waals surface area contributed by atoms with Crippen LogP contribution < -0.4 is 0 Å². The van der Waals surface area contributed by atoms with E-state index in [1.165, 1.54) is 177 Å². The molecule has 3 aliphatic heterocycles. The van der Waals surface area contributed by atoms with E-state index < -0.39 is 169 Å². The third kappa shape index (κ3) is 20.2. The molecule has 0 aromatic heterocycles. The van der Waals surface area contributed by atoms with E-state index in [1.54, 1.807) is 103 Å². The number of carbonyl (C=O) groups excluding carboxylic acids is 9. The first kappa shape index (κ1) is 78.9. The van der Waals surface area contributed by atoms with Gasteiger partial charge in [-0.15, -0.1) is 0 Å². The summed E-state index contributed by atoms with van der Waals surface area (Å²) >= 11 is 19.2. The van der Waals surface area contributed by atoms with Crippen molar-refractivity contribution < 1.29 is 114 Å². The highest BCUT2D eigenvalue weighted by atomic mass is 35.6. The van der Waals surface area contributed by atoms with Crippen molar-refractivity contribution in [3.8, 4) is 0 Å². The Hall–Kier alpha value is -11.7. The first-order chi connectivity index (χ1) is 53.7. The smallest absolute Gasteiger partial charge is 0.338 e. The van der Waals surface area contributed by atoms with Gasteiger partial charge in [0, 0.05) is 0 Å². The van der Waals surface area contributed by atoms with Crippen LogP contribution in [0.1, 0.15) is 100 Å². The number of alkyl halides is 3. The SMILES string of the molecule is C[C@H]1O[C@H](O[C@@H]2[C@@H](OC(=O)c3ccccc3)[C@@H](OC(=N)C(Cl)(Cl)Cl)O[C@H](COC(=O)c3ccccc3)[C@H]2O[C@@H]2O[C@H](COC(=O)c3ccccc3)[C@H](OC(=O)c3ccccc3)[C@H](OC(=O)c3ccccc3)[C@H]2OC(=O)c2ccccc2)[C@H](OC(=O)c2ccccc2)[C@@H](OC(=O)c2ccccc2)[C@H]1OC(=O)c1ccccc1. The van der Waals surface area contributed by atoms with Gasteiger partial charge < -0.3 is 71.1 Å². The summed E-state index contributed by atoms with van der Waals surface area (Å²) in [6.45, 7) is -0.496. The largest absolute Gasteiger partial charge is 0.459 e. The number of ether oxygens (including phenoxy) is 15. The molecule has 25 nitrogen and oxygen atoms in total. The van der Waals surface area contributed by atoms with Crippen LogP contribution in [0, 0.1) is 5.41 Å². The molecule has 0 radical (unpaired) electrons. The minimum absolute atomic E-state index is 0.0131. The van der Waals surface area contributed by atoms with Gasteiger partial charge in [-0.2, -0.15) is 0 Å². The maximum atomic E-state index is 15.1. The second kappa shape index (κ2) is 37.2. The minimum atomic E-state index is -2.74. The number of benzene rings is 9. The van der Waals surface area contributed by atoms with E-state index in [0.717, 1.165) is 0 Å². The Kier molecular flexibility index (Phi) is 26.4. The average Bonchev–Trinajstić information content (AvgIpc) is 0.750. The van der Waals surface area contributed by atoms with E-state index in [4.69, 9.17) is 111 Å². The lowest BCUT2D eigenvalue weighted by Gasteiger charge is -2.50. The Labute approximate surface area is 649 Å². The standard InChI is InChI=1S/C83H68Cl3NO24/c1-49-61(102-72(90)52-33-15-4-16-34-52)64(104-74(92)54-37-19-6-20-38-54)67(106-76(94)56-41-23-8-24-42-56)79(99-49)110-66-63(60(48-98-71(89)51-31-13-3-14-32-51)101-81(111-82(87)83(84,85)86)69(66)108-78(96)58-45-27-10-28-46-58)109-80-68(107-77(95)57-43-25-9-26-44-57)65(105-75(93)55-39-21-7-22-40-55)62(103-73(91)53-35-17-5-18-36-53)59(100-80)47-97-70(88)50-29-11-2-12-30-50/h2-46,49,59-69,79-81,87H,47-48H2,1H3/t49-,59-,60-,61+,62+,63-,64+,65+,66+,67-,68-,69-,79-,80+,81-/m1/s1. The normalized spacial score (nSPS) is 23.4. The minimum Gasteiger partial charge on any atom is -0.459 e. The zero-order chi connectivity index (χ0) is 78.0. The lowest BCUT2D eigenvalue weighted by molar-refractivity contribution is -0.378. The second-order valence-electron chi connectivity index (χ2n) is 25.0. The van der Waals surface area contributed by atoms with Crippen LogP contribution in [0.5, 0.6) is 0 Å². The van der Waals surface area contributed by atoms with Crippen LogP contribution in [-0.2, 0) is 71.1 Å². The molecule has 3 fully saturated rings. The van der Waals surface area contributed by atoms with Crippen LogP contribution in [-0.4, -0.2) is 169 Å². The summed E-state index contributed by atoms with van der Waals surface area (Å²) in [6, 6.07) is 67.6. The molecule has 12 rings (SSSR count). The van der Waals surface area contributed by atoms with Crippen molar-refractivity contribution in [3.63, 3.8) is 0 Å². The van der Waals surface area contributed by atoms with Crippen LogP contribution in [0.2, 0.25) is 0 Å². The zero-order valence-electron chi connectivity index (χ0n) is 58.5. The molecule has 15 atom stereocenters. The molecule has 1 N–H and O–H groups in total. The summed E-state index contributed by atoms with van der Waals surface area (Å²) in [7, 11) is 0. The Morgan fingerprint density at radius 2 is 0.505 bits per heavy atom. The molecule has 28 heteroatoms. The molecule has 0 amide bonds. The number of nitrogens with one attached hydrogen (secondary N) is 1. The maximum absolute atomic E-state index is 15.1. The van der Waals surface area contributed by atoms with Crippen LogP contribution in [0.4, 0.5) is 0 Å². The van der Waals surface area contributed by atoms with Crippen molar-refractivity contribution in [2.24, 2.45) is 0 Å². The van der Waals surface area contributed by atoms with Crippen molar-refractivity contribution in [2.75, 3.05) is 13.2 Å². The van der Waals surface area contributed by atoms with Gasteiger partial charge >= 0.3 is 53.7 Å². The fourth-order valence-corrected chi connectivity index (χ4v) is 12.2. The molecule has 570 valence electrons. The van der Waals surface area contributed by atoms with Gasteiger partial charge in [-0.3, -0.25) is 5.41 Å². The topological polar surface area (TPSA) is 316 Å². The quantitative estimate of drug-likeness (QED) is 0.0183. The van der Waals surface area contributed by atoms with Crippen molar-refractivity contribution in [2.45, 2.75) is 103 Å². The van der Waals surface area contributed by atoms with Gasteiger partial charge in [-0.1, -0.05) is 199 Å². The highest BCUT2D eigenvalue weighted by Crippen LogP contribution is 2.41. The molecule has 0 aliphatic carbocycles. The Balaban J connectivity index is 1.07. The van der Waals surface area contributed by atoms with Crippen molar-refractivity contribution in [1.29, 1.82) is 5.41 Å². The van der Waals surface area contributed by atoms with Crippen molar-refractivity contribution in [3.05, 3.63) is 323 Å². The van der Waals surface area contributed by atoms with Crippen LogP contribution in [0.3, 0.4) is 0 Å². The molecular weight excluding hydrogens is 1500 g/mol. The fourth-order valence-electron chi connectivity index (χ4n) is 12.1. The number of carbonyl (C=O) groups is 9. The second-order valence-corrected chi connectivity index (χ2v) is 27.3. The summed E-state index contributed by atoms with van der Waals surface area (Å²) in [6.07, 6.45) is -31.2. The lowest BCUT2D eigenvalue weighted by Crippen LogP contribution is -2.69. The van der Waals surface area contributed by atoms with Crippen LogP contribution in [0.25, 0.3) is 0 Å². The van der Waals surface area contributed by atoms with Crippen molar-refractivity contribution >= 4 is 94.4 Å². The van der Waals surface area contributed by atoms with E-state index >= 15 is 9.59 Å². The van der Waals surface area contributed by atoms with E-state index in [-0.39, 0.29) is 50.1 Å². The van der Waals surface area contributed by atoms with E-state index in [0.29, 0.717) is 0 Å². The first-order valence-corrected chi connectivity index (χ1v) is 35.7. The van der Waals surface area contributed by atoms with Crippen LogP contribution in [0.15, 0.2) is 273 Å². The summed E-state index contributed by atoms with van der Waals surface area (Å²) in [5, 5.41) is 9.08. The third-order valence-electron chi connectivity index (χ3n) is 17.5. The fraction of sp³-hybridized carbons (Fsp3) is 0.229. The van der Waals surface area contributed by atoms with Gasteiger partial charge in [-0.05, 0) is 116 Å². The highest BCUT2D eigenvalue weighted by Gasteiger charge is 2.61. The summed E-state index contributed by atoms with van der Waals surface area (Å²) in [4.78, 5) is 133. The Morgan fingerprint density at radius 3 is 0.811 bits per heavy atom. The molecular formula is C83H68Cl3NO24. The van der Waals surface area contributed by atoms with Gasteiger partial charge in [0.1, 0.15) is 37.6 Å². The molecule has 0 bridgehead atoms. The van der Waals surface area contributed by atoms with Gasteiger partial charge in [0.05, 0.1) is 56.2 Å². The molecule has 9 aromatic carbocycles. The molecule has 0 unspecified atom stereocenters. The zero-order valence-corrected chi connectivity index (χ0v) is 60.8. The van der Waals surface area contributed by atoms with E-state index in [1.807, 2.05) is 0 Å². The Bertz CT molecular complexity index is 4680. The Morgan fingerprint density at radius 1 is 0.279 bits per heavy atom. The molecule has 3 aliphatic rings. The van der Waals surface area contributed by atoms with Gasteiger partial charge in [0.15, 0.2) is 55.3 Å². The number of rotatable bonds is 25. The maximum Gasteiger partial charge on any atom is 0.338 e. The van der Waals surface area contributed by atoms with E-state index in [9.17, 15) is 33.6 Å². The summed E-state index contributed by atoms with van der Waals surface area (Å²) in [5.41, 5.74) is -0.488. The van der Waals surface area contributed by atoms with Crippen molar-refractivity contribution in [1.82, 2.24) is 0 Å². The van der Waals surface area contributed by atoms with E-state index in [2.05, 4.69) is 0 Å². The monoisotopic (exact) mass is 1570 g/mol. The van der Waals surface area contributed by atoms with Crippen LogP contribution >= 0.6 is 34.8 Å². The number of hydrogen-bond donors (Lipinski definition) is 1. The highest BCUT2D eigenvalue weighted by molar-refractivity contribution is 6.76. The molecule has 0 saturated carbocycles. The summed E-state index contributed by atoms with van der Waals surface area (Å²) < 4.78 is 95.1. The van der Waals surface area contributed by atoms with Gasteiger partial charge in [-0.25, -0.2) is 43.2 Å². The number of esters is 9. The lowest BCUT2D eigenvalue weighted by atomic mass is 9.95. The first-order valence-electron chi connectivity index (χ1n) is 34.6. The number of halogens is 3. The summed E-state index contributed by atoms with van der Waals surface area (Å²) in [5.74, 6) is -10.8. The molecule has 3 heterocycles.